The standard InChI is InChI=1S/C2H2N2S2Si/c5-1-3-4-2(6)7-1/h(H,3,5)(H,4,6). The van der Waals surface area contributed by atoms with Crippen molar-refractivity contribution < 1.29 is 0 Å². The Hall–Kier alpha value is -0.00312. The monoisotopic (exact) mass is 146 g/mol. The van der Waals surface area contributed by atoms with E-state index in [4.69, 9.17) is 24.4 Å². The lowest BCUT2D eigenvalue weighted by Gasteiger charge is -1.89. The molecule has 0 amide bonds. The van der Waals surface area contributed by atoms with E-state index in [2.05, 4.69) is 10.9 Å². The molecule has 2 nitrogen and oxygen atoms in total. The SMILES string of the molecule is S=C1NNC(=S)[Si]1. The lowest BCUT2D eigenvalue weighted by atomic mass is 11.4. The summed E-state index contributed by atoms with van der Waals surface area (Å²) in [5.41, 5.74) is 5.44. The fourth-order valence-corrected chi connectivity index (χ4v) is 1.64. The smallest absolute Gasteiger partial charge is 0.203 e. The molecule has 0 bridgehead atoms. The molecule has 0 unspecified atom stereocenters. The minimum atomic E-state index is 0.497. The van der Waals surface area contributed by atoms with Gasteiger partial charge >= 0.3 is 0 Å². The first kappa shape index (κ1) is 5.14. The van der Waals surface area contributed by atoms with Crippen LogP contribution in [0.25, 0.3) is 0 Å². The summed E-state index contributed by atoms with van der Waals surface area (Å²) in [5.74, 6) is 0. The molecule has 0 aromatic rings. The highest BCUT2D eigenvalue weighted by Crippen LogP contribution is 1.77. The number of hydrogen-bond donors (Lipinski definition) is 2. The summed E-state index contributed by atoms with van der Waals surface area (Å²) >= 11 is 9.49. The van der Waals surface area contributed by atoms with Crippen LogP contribution in [0, 0.1) is 0 Å². The molecular weight excluding hydrogens is 144 g/mol. The van der Waals surface area contributed by atoms with Gasteiger partial charge in [-0.2, -0.15) is 0 Å². The van der Waals surface area contributed by atoms with E-state index in [1.165, 1.54) is 0 Å². The van der Waals surface area contributed by atoms with Crippen molar-refractivity contribution in [2.24, 2.45) is 0 Å². The van der Waals surface area contributed by atoms with E-state index in [0.29, 0.717) is 9.52 Å². The highest BCUT2D eigenvalue weighted by atomic mass is 32.1. The summed E-state index contributed by atoms with van der Waals surface area (Å²) in [6.45, 7) is 0. The van der Waals surface area contributed by atoms with E-state index in [9.17, 15) is 0 Å². The Morgan fingerprint density at radius 1 is 1.14 bits per heavy atom. The van der Waals surface area contributed by atoms with E-state index >= 15 is 0 Å². The molecule has 0 saturated carbocycles. The predicted molar refractivity (Wildman–Crippen MR) is 37.2 cm³/mol. The van der Waals surface area contributed by atoms with Crippen LogP contribution in [-0.2, 0) is 0 Å². The van der Waals surface area contributed by atoms with E-state index in [1.54, 1.807) is 0 Å². The van der Waals surface area contributed by atoms with Gasteiger partial charge in [0.2, 0.25) is 9.52 Å². The molecule has 5 heteroatoms. The van der Waals surface area contributed by atoms with Gasteiger partial charge < -0.3 is 0 Å². The first-order chi connectivity index (χ1) is 3.29. The first-order valence-electron chi connectivity index (χ1n) is 1.66. The summed E-state index contributed by atoms with van der Waals surface area (Å²) in [6, 6.07) is 0. The average molecular weight is 146 g/mol. The number of hydrazine groups is 1. The molecule has 0 aromatic carbocycles. The van der Waals surface area contributed by atoms with Gasteiger partial charge in [0, 0.05) is 0 Å². The molecule has 0 atom stereocenters. The van der Waals surface area contributed by atoms with Crippen LogP contribution in [0.15, 0.2) is 0 Å². The molecule has 7 heavy (non-hydrogen) atoms. The molecule has 0 aromatic heterocycles. The molecule has 36 valence electrons. The van der Waals surface area contributed by atoms with E-state index in [0.717, 1.165) is 9.22 Å². The molecule has 1 aliphatic rings. The Labute approximate surface area is 54.5 Å². The van der Waals surface area contributed by atoms with Crippen molar-refractivity contribution in [3.8, 4) is 0 Å². The second-order valence-corrected chi connectivity index (χ2v) is 3.82. The Bertz CT molecular complexity index is 109. The van der Waals surface area contributed by atoms with Crippen molar-refractivity contribution in [2.45, 2.75) is 0 Å². The molecule has 1 saturated heterocycles. The maximum Gasteiger partial charge on any atom is 0.203 e. The van der Waals surface area contributed by atoms with Crippen LogP contribution < -0.4 is 10.9 Å². The van der Waals surface area contributed by atoms with Gasteiger partial charge in [-0.3, -0.25) is 10.9 Å². The molecular formula is C2H2N2S2Si. The predicted octanol–water partition coefficient (Wildman–Crippen LogP) is -0.632. The Balaban J connectivity index is 2.55. The van der Waals surface area contributed by atoms with Crippen LogP contribution >= 0.6 is 24.4 Å². The maximum atomic E-state index is 4.75. The fraction of sp³-hybridized carbons (Fsp3) is 0. The minimum absolute atomic E-state index is 0.497. The van der Waals surface area contributed by atoms with E-state index < -0.39 is 0 Å². The van der Waals surface area contributed by atoms with E-state index in [-0.39, 0.29) is 0 Å². The van der Waals surface area contributed by atoms with Crippen molar-refractivity contribution in [3.63, 3.8) is 0 Å². The number of rotatable bonds is 0. The lowest BCUT2D eigenvalue weighted by molar-refractivity contribution is 0.924. The molecule has 1 rings (SSSR count). The molecule has 2 N–H and O–H groups in total. The third-order valence-corrected chi connectivity index (χ3v) is 2.04. The number of nitrogens with one attached hydrogen (secondary N) is 2. The molecule has 0 spiro atoms. The van der Waals surface area contributed by atoms with Gasteiger partial charge in [-0.25, -0.2) is 0 Å². The number of hydrogen-bond acceptors (Lipinski definition) is 2. The molecule has 1 aliphatic heterocycles. The van der Waals surface area contributed by atoms with Gasteiger partial charge in [0.05, 0.1) is 9.22 Å². The van der Waals surface area contributed by atoms with Crippen LogP contribution in [0.1, 0.15) is 0 Å². The molecule has 1 heterocycles. The number of thiocarbonyl (C=S) groups is 2. The second kappa shape index (κ2) is 1.85. The molecule has 0 aliphatic carbocycles. The van der Waals surface area contributed by atoms with Crippen LogP contribution in [0.4, 0.5) is 0 Å². The molecule has 2 radical (unpaired) electrons. The quantitative estimate of drug-likeness (QED) is 0.351. The third-order valence-electron chi connectivity index (χ3n) is 0.517. The van der Waals surface area contributed by atoms with Crippen molar-refractivity contribution in [1.29, 1.82) is 0 Å². The van der Waals surface area contributed by atoms with Crippen molar-refractivity contribution >= 4 is 43.2 Å². The van der Waals surface area contributed by atoms with Gasteiger partial charge in [0.1, 0.15) is 0 Å². The summed E-state index contributed by atoms with van der Waals surface area (Å²) < 4.78 is 1.62. The summed E-state index contributed by atoms with van der Waals surface area (Å²) in [4.78, 5) is 0. The first-order valence-corrected chi connectivity index (χ1v) is 3.47. The van der Waals surface area contributed by atoms with Gasteiger partial charge in [-0.1, -0.05) is 24.4 Å². The summed E-state index contributed by atoms with van der Waals surface area (Å²) in [7, 11) is 0.497. The van der Waals surface area contributed by atoms with Crippen molar-refractivity contribution in [3.05, 3.63) is 0 Å². The van der Waals surface area contributed by atoms with Gasteiger partial charge in [-0.05, 0) is 0 Å². The second-order valence-electron chi connectivity index (χ2n) is 1.03. The minimum Gasteiger partial charge on any atom is -0.299 e. The van der Waals surface area contributed by atoms with Gasteiger partial charge in [-0.15, -0.1) is 0 Å². The maximum absolute atomic E-state index is 4.75. The van der Waals surface area contributed by atoms with Gasteiger partial charge in [0.25, 0.3) is 0 Å². The average Bonchev–Trinajstić information content (AvgIpc) is 1.87. The van der Waals surface area contributed by atoms with Crippen LogP contribution in [-0.4, -0.2) is 18.7 Å². The highest BCUT2D eigenvalue weighted by molar-refractivity contribution is 7.88. The fourth-order valence-electron chi connectivity index (χ4n) is 0.279. The van der Waals surface area contributed by atoms with Crippen LogP contribution in [0.2, 0.25) is 0 Å². The normalized spacial score (nSPS) is 18.9. The lowest BCUT2D eigenvalue weighted by Crippen LogP contribution is -2.26. The summed E-state index contributed by atoms with van der Waals surface area (Å²) in [6.07, 6.45) is 0. The zero-order valence-corrected chi connectivity index (χ0v) is 5.95. The van der Waals surface area contributed by atoms with Crippen LogP contribution in [0.3, 0.4) is 0 Å². The zero-order chi connectivity index (χ0) is 5.28. The molecule has 1 fully saturated rings. The van der Waals surface area contributed by atoms with Crippen molar-refractivity contribution in [1.82, 2.24) is 10.9 Å². The Morgan fingerprint density at radius 3 is 1.71 bits per heavy atom. The topological polar surface area (TPSA) is 24.1 Å². The van der Waals surface area contributed by atoms with E-state index in [1.807, 2.05) is 0 Å². The third kappa shape index (κ3) is 1.18. The van der Waals surface area contributed by atoms with Crippen LogP contribution in [0.5, 0.6) is 0 Å². The summed E-state index contributed by atoms with van der Waals surface area (Å²) in [5, 5.41) is 0. The highest BCUT2D eigenvalue weighted by Gasteiger charge is 2.09. The Kier molecular flexibility index (Phi) is 1.36. The van der Waals surface area contributed by atoms with Crippen molar-refractivity contribution in [2.75, 3.05) is 0 Å². The van der Waals surface area contributed by atoms with Gasteiger partial charge in [0.15, 0.2) is 0 Å². The largest absolute Gasteiger partial charge is 0.299 e. The Morgan fingerprint density at radius 2 is 1.57 bits per heavy atom. The zero-order valence-electron chi connectivity index (χ0n) is 3.32.